The number of phosphoric acid groups is 1. The second-order valence-corrected chi connectivity index (χ2v) is 17.1. The number of carbonyl (C=O) groups is 2. The number of hydrogen-bond acceptors (Lipinski definition) is 13. The molecular weight excluding hydrogens is 843 g/mol. The van der Waals surface area contributed by atoms with Gasteiger partial charge in [0.25, 0.3) is 0 Å². The second-order valence-electron chi connectivity index (χ2n) is 15.7. The first kappa shape index (κ1) is 58.7. The molecule has 7 N–H and O–H groups in total. The van der Waals surface area contributed by atoms with E-state index in [0.717, 1.165) is 64.2 Å². The summed E-state index contributed by atoms with van der Waals surface area (Å²) in [6.07, 6.45) is 33.7. The highest BCUT2D eigenvalue weighted by atomic mass is 31.2. The number of phosphoric ester groups is 1. The van der Waals surface area contributed by atoms with E-state index in [1.165, 1.54) is 19.3 Å². The molecule has 1 aliphatic rings. The zero-order valence-electron chi connectivity index (χ0n) is 38.1. The highest BCUT2D eigenvalue weighted by Crippen LogP contribution is 2.47. The first-order valence-electron chi connectivity index (χ1n) is 23.1. The number of hydrogen-bond donors (Lipinski definition) is 7. The Morgan fingerprint density at radius 3 is 1.72 bits per heavy atom. The van der Waals surface area contributed by atoms with Gasteiger partial charge in [-0.3, -0.25) is 18.6 Å². The summed E-state index contributed by atoms with van der Waals surface area (Å²) >= 11 is 0. The van der Waals surface area contributed by atoms with Crippen LogP contribution in [0, 0.1) is 0 Å². The molecule has 0 aromatic rings. The van der Waals surface area contributed by atoms with Gasteiger partial charge in [-0.2, -0.15) is 0 Å². The van der Waals surface area contributed by atoms with Crippen molar-refractivity contribution in [2.24, 2.45) is 0 Å². The smallest absolute Gasteiger partial charge is 0.462 e. The predicted molar refractivity (Wildman–Crippen MR) is 250 cm³/mol. The van der Waals surface area contributed by atoms with Crippen molar-refractivity contribution in [2.45, 2.75) is 185 Å². The number of unbranched alkanes of at least 4 members (excludes halogenated alkanes) is 8. The van der Waals surface area contributed by atoms with E-state index >= 15 is 0 Å². The number of aliphatic hydroxyl groups excluding tert-OH is 6. The predicted octanol–water partition coefficient (Wildman–Crippen LogP) is 8.02. The number of allylic oxidation sites excluding steroid dienone is 14. The van der Waals surface area contributed by atoms with Gasteiger partial charge in [0.1, 0.15) is 43.2 Å². The Kier molecular flexibility index (Phi) is 34.8. The Morgan fingerprint density at radius 1 is 0.578 bits per heavy atom. The van der Waals surface area contributed by atoms with E-state index in [9.17, 15) is 49.7 Å². The maximum atomic E-state index is 12.8. The fraction of sp³-hybridized carbons (Fsp3) is 0.633. The van der Waals surface area contributed by atoms with Crippen LogP contribution >= 0.6 is 7.82 Å². The zero-order valence-corrected chi connectivity index (χ0v) is 39.0. The molecule has 0 amide bonds. The van der Waals surface area contributed by atoms with E-state index < -0.39 is 81.8 Å². The summed E-state index contributed by atoms with van der Waals surface area (Å²) in [6, 6.07) is 0. The van der Waals surface area contributed by atoms with Crippen LogP contribution in [0.1, 0.15) is 136 Å². The van der Waals surface area contributed by atoms with Crippen LogP contribution in [0.2, 0.25) is 0 Å². The van der Waals surface area contributed by atoms with E-state index in [1.54, 1.807) is 6.08 Å². The molecule has 0 aromatic carbocycles. The van der Waals surface area contributed by atoms with Crippen LogP contribution in [-0.2, 0) is 32.7 Å². The molecule has 14 nitrogen and oxygen atoms in total. The molecule has 1 fully saturated rings. The monoisotopic (exact) mass is 923 g/mol. The van der Waals surface area contributed by atoms with Crippen LogP contribution in [-0.4, -0.2) is 110 Å². The average molecular weight is 923 g/mol. The van der Waals surface area contributed by atoms with E-state index in [4.69, 9.17) is 18.5 Å². The molecule has 1 saturated carbocycles. The topological polar surface area (TPSA) is 230 Å². The van der Waals surface area contributed by atoms with Gasteiger partial charge in [0.15, 0.2) is 6.10 Å². The van der Waals surface area contributed by atoms with Crippen molar-refractivity contribution in [1.82, 2.24) is 0 Å². The molecular formula is C49H79O14P. The number of rotatable bonds is 36. The zero-order chi connectivity index (χ0) is 47.3. The first-order valence-corrected chi connectivity index (χ1v) is 24.6. The summed E-state index contributed by atoms with van der Waals surface area (Å²) in [5.41, 5.74) is 0. The van der Waals surface area contributed by atoms with Gasteiger partial charge in [0, 0.05) is 12.8 Å². The molecule has 0 saturated heterocycles. The molecule has 0 spiro atoms. The lowest BCUT2D eigenvalue weighted by Gasteiger charge is -2.41. The van der Waals surface area contributed by atoms with Gasteiger partial charge in [-0.1, -0.05) is 143 Å². The van der Waals surface area contributed by atoms with Crippen LogP contribution in [0.25, 0.3) is 0 Å². The molecule has 9 atom stereocenters. The highest BCUT2D eigenvalue weighted by Gasteiger charge is 2.51. The summed E-state index contributed by atoms with van der Waals surface area (Å²) in [6.45, 7) is 2.96. The summed E-state index contributed by atoms with van der Waals surface area (Å²) in [7, 11) is -5.16. The third-order valence-electron chi connectivity index (χ3n) is 10.0. The Labute approximate surface area is 382 Å². The SMILES string of the molecule is CC/C=C/CC(O)/C=C/C=C/CCCCCCCC(=O)OC[C@H](COP(=O)(O)OC1[C@H](O)[C@H](O)C(O)[C@H](O)[C@H]1O)OC(=O)CC/C=C\C/C=C\C/C=C\C/C=C\C/C=C\CCCCC. The third kappa shape index (κ3) is 30.0. The normalized spacial score (nSPS) is 23.0. The van der Waals surface area contributed by atoms with Crippen molar-refractivity contribution in [2.75, 3.05) is 13.2 Å². The summed E-state index contributed by atoms with van der Waals surface area (Å²) in [4.78, 5) is 35.7. The molecule has 1 rings (SSSR count). The summed E-state index contributed by atoms with van der Waals surface area (Å²) in [5.74, 6) is -1.26. The van der Waals surface area contributed by atoms with Crippen molar-refractivity contribution < 1.29 is 68.2 Å². The number of esters is 2. The molecule has 64 heavy (non-hydrogen) atoms. The molecule has 364 valence electrons. The van der Waals surface area contributed by atoms with Crippen LogP contribution in [0.5, 0.6) is 0 Å². The van der Waals surface area contributed by atoms with Crippen molar-refractivity contribution in [3.8, 4) is 0 Å². The molecule has 0 heterocycles. The van der Waals surface area contributed by atoms with Gasteiger partial charge < -0.3 is 45.0 Å². The number of aliphatic hydroxyl groups is 6. The maximum Gasteiger partial charge on any atom is 0.472 e. The summed E-state index contributed by atoms with van der Waals surface area (Å²) < 4.78 is 33.4. The van der Waals surface area contributed by atoms with Crippen molar-refractivity contribution >= 4 is 19.8 Å². The van der Waals surface area contributed by atoms with Crippen LogP contribution in [0.3, 0.4) is 0 Å². The molecule has 0 aliphatic heterocycles. The molecule has 1 aliphatic carbocycles. The van der Waals surface area contributed by atoms with E-state index in [-0.39, 0.29) is 12.8 Å². The van der Waals surface area contributed by atoms with Crippen LogP contribution in [0.4, 0.5) is 0 Å². The standard InChI is InChI=1S/C49H79O14P/c1-3-5-7-8-9-10-11-12-13-14-15-16-17-18-19-22-26-29-33-37-43(52)62-41(39-61-64(58,59)63-49-47(56)45(54)44(53)46(55)48(49)57)38-60-42(51)36-32-28-25-23-20-21-24-27-31-35-40(50)34-30-6-4-2/h6,9-10,12-13,15-16,18-19,24,26-27,29-31,35,40-41,44-50,53-57H,3-5,7-8,11,14,17,20-23,25,28,32-34,36-39H2,1-2H3,(H,58,59)/b10-9-,13-12-,16-15-,19-18-,27-24+,29-26-,30-6+,35-31+/t40?,41-,44?,45-,46+,47-,48-,49?/m1/s1. The third-order valence-corrected chi connectivity index (χ3v) is 11.0. The van der Waals surface area contributed by atoms with Crippen molar-refractivity contribution in [3.05, 3.63) is 97.2 Å². The Balaban J connectivity index is 2.56. The Hall–Kier alpha value is -3.27. The van der Waals surface area contributed by atoms with E-state index in [0.29, 0.717) is 25.7 Å². The number of ether oxygens (including phenoxy) is 2. The van der Waals surface area contributed by atoms with Gasteiger partial charge in [0.2, 0.25) is 0 Å². The molecule has 4 unspecified atom stereocenters. The van der Waals surface area contributed by atoms with Gasteiger partial charge in [-0.05, 0) is 77.0 Å². The van der Waals surface area contributed by atoms with E-state index in [2.05, 4.69) is 49.5 Å². The molecule has 0 bridgehead atoms. The maximum absolute atomic E-state index is 12.8. The molecule has 0 aromatic heterocycles. The number of carbonyl (C=O) groups excluding carboxylic acids is 2. The lowest BCUT2D eigenvalue weighted by atomic mass is 9.85. The van der Waals surface area contributed by atoms with Crippen molar-refractivity contribution in [1.29, 1.82) is 0 Å². The fourth-order valence-corrected chi connectivity index (χ4v) is 7.22. The van der Waals surface area contributed by atoms with Crippen molar-refractivity contribution in [3.63, 3.8) is 0 Å². The van der Waals surface area contributed by atoms with Gasteiger partial charge in [-0.25, -0.2) is 4.57 Å². The first-order chi connectivity index (χ1) is 30.8. The average Bonchev–Trinajstić information content (AvgIpc) is 3.27. The quantitative estimate of drug-likeness (QED) is 0.0104. The van der Waals surface area contributed by atoms with Gasteiger partial charge >= 0.3 is 19.8 Å². The molecule has 15 heteroatoms. The lowest BCUT2D eigenvalue weighted by Crippen LogP contribution is -2.64. The lowest BCUT2D eigenvalue weighted by molar-refractivity contribution is -0.220. The second kappa shape index (κ2) is 37.9. The minimum Gasteiger partial charge on any atom is -0.462 e. The largest absolute Gasteiger partial charge is 0.472 e. The minimum absolute atomic E-state index is 0.0476. The Morgan fingerprint density at radius 2 is 1.11 bits per heavy atom. The Bertz CT molecular complexity index is 1500. The highest BCUT2D eigenvalue weighted by molar-refractivity contribution is 7.47. The fourth-order valence-electron chi connectivity index (χ4n) is 6.25. The van der Waals surface area contributed by atoms with Gasteiger partial charge in [0.05, 0.1) is 12.7 Å². The van der Waals surface area contributed by atoms with Gasteiger partial charge in [-0.15, -0.1) is 0 Å². The minimum atomic E-state index is -5.16. The van der Waals surface area contributed by atoms with E-state index in [1.807, 2.05) is 55.5 Å². The van der Waals surface area contributed by atoms with Crippen LogP contribution in [0.15, 0.2) is 97.2 Å². The van der Waals surface area contributed by atoms with Crippen LogP contribution < -0.4 is 0 Å². The molecule has 0 radical (unpaired) electrons. The summed E-state index contributed by atoms with van der Waals surface area (Å²) in [5, 5.41) is 60.0.